The predicted octanol–water partition coefficient (Wildman–Crippen LogP) is 4.40. The van der Waals surface area contributed by atoms with Gasteiger partial charge in [0, 0.05) is 18.1 Å². The number of benzene rings is 2. The molecule has 3 rings (SSSR count). The number of carbonyl (C=O) groups excluding carboxylic acids is 1. The molecule has 6 heteroatoms. The monoisotopic (exact) mass is 432 g/mol. The number of nitrogens with zero attached hydrogens (tertiary/aromatic N) is 2. The van der Waals surface area contributed by atoms with Crippen LogP contribution in [-0.2, 0) is 22.5 Å². The molecule has 0 unspecified atom stereocenters. The van der Waals surface area contributed by atoms with Crippen LogP contribution in [0, 0.1) is 13.8 Å². The summed E-state index contributed by atoms with van der Waals surface area (Å²) in [6.45, 7) is 5.29. The Hall–Kier alpha value is -1.76. The van der Waals surface area contributed by atoms with Crippen molar-refractivity contribution in [3.8, 4) is 0 Å². The molecule has 0 aliphatic carbocycles. The van der Waals surface area contributed by atoms with Crippen molar-refractivity contribution in [2.45, 2.75) is 26.8 Å². The number of fused-ring (bicyclic) bond motifs is 1. The number of amides is 1. The van der Waals surface area contributed by atoms with Crippen LogP contribution in [0.3, 0.4) is 0 Å². The summed E-state index contributed by atoms with van der Waals surface area (Å²) in [5.74, 6) is -0.129. The Balaban J connectivity index is 1.99. The molecule has 1 aromatic heterocycles. The molecule has 0 aliphatic rings. The van der Waals surface area contributed by atoms with Gasteiger partial charge in [-0.1, -0.05) is 51.0 Å². The number of halogens is 1. The van der Waals surface area contributed by atoms with E-state index in [4.69, 9.17) is 4.74 Å². The average Bonchev–Trinajstić information content (AvgIpc) is 2.92. The molecule has 136 valence electrons. The van der Waals surface area contributed by atoms with Gasteiger partial charge in [-0.25, -0.2) is 0 Å². The summed E-state index contributed by atoms with van der Waals surface area (Å²) in [5.41, 5.74) is 4.37. The van der Waals surface area contributed by atoms with Crippen LogP contribution in [0.4, 0.5) is 0 Å². The van der Waals surface area contributed by atoms with E-state index in [-0.39, 0.29) is 5.91 Å². The van der Waals surface area contributed by atoms with Crippen LogP contribution < -0.4 is 4.80 Å². The fraction of sp³-hybridized carbons (Fsp3) is 0.300. The van der Waals surface area contributed by atoms with Crippen LogP contribution in [0.1, 0.15) is 16.7 Å². The number of thiazole rings is 1. The minimum absolute atomic E-state index is 0.129. The molecule has 4 nitrogen and oxygen atoms in total. The smallest absolute Gasteiger partial charge is 0.252 e. The van der Waals surface area contributed by atoms with E-state index in [0.717, 1.165) is 31.4 Å². The lowest BCUT2D eigenvalue weighted by Gasteiger charge is -2.05. The third-order valence-electron chi connectivity index (χ3n) is 4.23. The molecule has 1 amide bonds. The lowest BCUT2D eigenvalue weighted by atomic mass is 10.0. The van der Waals surface area contributed by atoms with Crippen molar-refractivity contribution in [2.75, 3.05) is 13.7 Å². The molecule has 0 radical (unpaired) electrons. The Morgan fingerprint density at radius 3 is 2.81 bits per heavy atom. The van der Waals surface area contributed by atoms with Gasteiger partial charge in [-0.3, -0.25) is 4.79 Å². The van der Waals surface area contributed by atoms with Crippen molar-refractivity contribution in [1.82, 2.24) is 4.57 Å². The number of hydrogen-bond donors (Lipinski definition) is 0. The zero-order valence-corrected chi connectivity index (χ0v) is 17.5. The van der Waals surface area contributed by atoms with E-state index in [1.54, 1.807) is 7.11 Å². The second-order valence-electron chi connectivity index (χ2n) is 6.25. The second kappa shape index (κ2) is 8.29. The minimum Gasteiger partial charge on any atom is -0.383 e. The first-order valence-corrected chi connectivity index (χ1v) is 10.0. The van der Waals surface area contributed by atoms with Gasteiger partial charge in [-0.2, -0.15) is 4.99 Å². The fourth-order valence-electron chi connectivity index (χ4n) is 2.83. The third-order valence-corrected chi connectivity index (χ3v) is 5.76. The first-order chi connectivity index (χ1) is 12.5. The Morgan fingerprint density at radius 1 is 1.23 bits per heavy atom. The Labute approximate surface area is 165 Å². The Kier molecular flexibility index (Phi) is 6.06. The average molecular weight is 433 g/mol. The molecule has 0 spiro atoms. The molecule has 0 aliphatic heterocycles. The number of aryl methyl sites for hydroxylation is 2. The van der Waals surface area contributed by atoms with Crippen LogP contribution in [0.15, 0.2) is 45.9 Å². The Morgan fingerprint density at radius 2 is 2.04 bits per heavy atom. The molecule has 3 aromatic rings. The van der Waals surface area contributed by atoms with E-state index in [1.807, 2.05) is 32.0 Å². The SMILES string of the molecule is COCCn1c(=NC(=O)Cc2cc(C)ccc2C)sc2cc(Br)ccc21. The number of ether oxygens (including phenoxy) is 1. The maximum atomic E-state index is 12.6. The zero-order chi connectivity index (χ0) is 18.7. The van der Waals surface area contributed by atoms with Crippen molar-refractivity contribution >= 4 is 43.4 Å². The predicted molar refractivity (Wildman–Crippen MR) is 110 cm³/mol. The summed E-state index contributed by atoms with van der Waals surface area (Å²) in [4.78, 5) is 17.7. The van der Waals surface area contributed by atoms with Crippen LogP contribution in [-0.4, -0.2) is 24.2 Å². The van der Waals surface area contributed by atoms with Gasteiger partial charge in [0.05, 0.1) is 23.2 Å². The van der Waals surface area contributed by atoms with Crippen molar-refractivity contribution in [1.29, 1.82) is 0 Å². The fourth-order valence-corrected chi connectivity index (χ4v) is 4.46. The van der Waals surface area contributed by atoms with E-state index in [9.17, 15) is 4.79 Å². The molecular formula is C20H21BrN2O2S. The lowest BCUT2D eigenvalue weighted by Crippen LogP contribution is -2.19. The van der Waals surface area contributed by atoms with Crippen molar-refractivity contribution < 1.29 is 9.53 Å². The van der Waals surface area contributed by atoms with Gasteiger partial charge >= 0.3 is 0 Å². The van der Waals surface area contributed by atoms with Crippen LogP contribution in [0.2, 0.25) is 0 Å². The molecule has 0 fully saturated rings. The van der Waals surface area contributed by atoms with Gasteiger partial charge in [0.2, 0.25) is 0 Å². The highest BCUT2D eigenvalue weighted by molar-refractivity contribution is 9.10. The van der Waals surface area contributed by atoms with E-state index in [2.05, 4.69) is 43.7 Å². The van der Waals surface area contributed by atoms with Gasteiger partial charge in [-0.15, -0.1) is 0 Å². The molecule has 0 saturated carbocycles. The highest BCUT2D eigenvalue weighted by atomic mass is 79.9. The highest BCUT2D eigenvalue weighted by Gasteiger charge is 2.10. The molecular weight excluding hydrogens is 412 g/mol. The lowest BCUT2D eigenvalue weighted by molar-refractivity contribution is -0.117. The number of methoxy groups -OCH3 is 1. The van der Waals surface area contributed by atoms with E-state index >= 15 is 0 Å². The molecule has 0 atom stereocenters. The van der Waals surface area contributed by atoms with Gasteiger partial charge < -0.3 is 9.30 Å². The quantitative estimate of drug-likeness (QED) is 0.599. The summed E-state index contributed by atoms with van der Waals surface area (Å²) in [6, 6.07) is 12.3. The second-order valence-corrected chi connectivity index (χ2v) is 8.18. The summed E-state index contributed by atoms with van der Waals surface area (Å²) in [5, 5.41) is 0. The zero-order valence-electron chi connectivity index (χ0n) is 15.1. The van der Waals surface area contributed by atoms with E-state index in [0.29, 0.717) is 24.4 Å². The van der Waals surface area contributed by atoms with E-state index < -0.39 is 0 Å². The summed E-state index contributed by atoms with van der Waals surface area (Å²) < 4.78 is 9.38. The molecule has 0 saturated heterocycles. The van der Waals surface area contributed by atoms with Crippen molar-refractivity contribution in [3.63, 3.8) is 0 Å². The van der Waals surface area contributed by atoms with Crippen LogP contribution >= 0.6 is 27.3 Å². The standard InChI is InChI=1S/C20H21BrN2O2S/c1-13-4-5-14(2)15(10-13)11-19(24)22-20-23(8-9-25-3)17-7-6-16(21)12-18(17)26-20/h4-7,10,12H,8-9,11H2,1-3H3. The van der Waals surface area contributed by atoms with E-state index in [1.165, 1.54) is 11.3 Å². The summed E-state index contributed by atoms with van der Waals surface area (Å²) in [7, 11) is 1.67. The molecule has 0 N–H and O–H groups in total. The Bertz CT molecular complexity index is 1020. The number of aromatic nitrogens is 1. The summed E-state index contributed by atoms with van der Waals surface area (Å²) in [6.07, 6.45) is 0.315. The molecule has 26 heavy (non-hydrogen) atoms. The topological polar surface area (TPSA) is 43.6 Å². The largest absolute Gasteiger partial charge is 0.383 e. The highest BCUT2D eigenvalue weighted by Crippen LogP contribution is 2.22. The third kappa shape index (κ3) is 4.31. The molecule has 1 heterocycles. The van der Waals surface area contributed by atoms with Crippen LogP contribution in [0.5, 0.6) is 0 Å². The van der Waals surface area contributed by atoms with Gasteiger partial charge in [0.1, 0.15) is 0 Å². The summed E-state index contributed by atoms with van der Waals surface area (Å²) >= 11 is 5.03. The maximum absolute atomic E-state index is 12.6. The number of carbonyl (C=O) groups is 1. The normalized spacial score (nSPS) is 12.1. The van der Waals surface area contributed by atoms with Gasteiger partial charge in [-0.05, 0) is 43.2 Å². The molecule has 0 bridgehead atoms. The number of hydrogen-bond acceptors (Lipinski definition) is 3. The first kappa shape index (κ1) is 19.0. The first-order valence-electron chi connectivity index (χ1n) is 8.39. The van der Waals surface area contributed by atoms with Crippen molar-refractivity contribution in [2.24, 2.45) is 4.99 Å². The maximum Gasteiger partial charge on any atom is 0.252 e. The van der Waals surface area contributed by atoms with Gasteiger partial charge in [0.25, 0.3) is 5.91 Å². The van der Waals surface area contributed by atoms with Gasteiger partial charge in [0.15, 0.2) is 4.80 Å². The minimum atomic E-state index is -0.129. The van der Waals surface area contributed by atoms with Crippen LogP contribution in [0.25, 0.3) is 10.2 Å². The van der Waals surface area contributed by atoms with Crippen molar-refractivity contribution in [3.05, 3.63) is 62.4 Å². The number of rotatable bonds is 5. The molecule has 2 aromatic carbocycles.